The normalized spacial score (nSPS) is 18.0. The number of aryl methyl sites for hydroxylation is 5. The molecule has 5 aliphatic rings. The highest BCUT2D eigenvalue weighted by Crippen LogP contribution is 2.47. The van der Waals surface area contributed by atoms with E-state index in [-0.39, 0.29) is 43.4 Å². The topological polar surface area (TPSA) is 332 Å². The number of nitrogens with zero attached hydrogens (tertiary/aromatic N) is 5. The van der Waals surface area contributed by atoms with E-state index >= 15 is 0 Å². The van der Waals surface area contributed by atoms with Crippen LogP contribution in [0.25, 0.3) is 0 Å². The average molecular weight is 1890 g/mol. The predicted molar refractivity (Wildman–Crippen MR) is 521 cm³/mol. The second-order valence-electron chi connectivity index (χ2n) is 33.4. The van der Waals surface area contributed by atoms with Crippen LogP contribution >= 0.6 is 0 Å². The van der Waals surface area contributed by atoms with Crippen molar-refractivity contribution < 1.29 is 71.3 Å². The number of unbranched alkanes of at least 4 members (excludes halogenated alkanes) is 7. The zero-order valence-electron chi connectivity index (χ0n) is 77.1. The second-order valence-corrected chi connectivity index (χ2v) is 43.1. The van der Waals surface area contributed by atoms with E-state index in [1.54, 1.807) is 79.8 Å². The fourth-order valence-electron chi connectivity index (χ4n) is 17.1. The first-order chi connectivity index (χ1) is 62.8. The van der Waals surface area contributed by atoms with Gasteiger partial charge >= 0.3 is 0 Å². The van der Waals surface area contributed by atoms with Crippen LogP contribution in [-0.2, 0) is 69.1 Å². The maximum Gasteiger partial charge on any atom is 0.293 e. The van der Waals surface area contributed by atoms with E-state index in [2.05, 4.69) is 26.6 Å². The molecule has 0 aliphatic carbocycles. The zero-order chi connectivity index (χ0) is 94.4. The quantitative estimate of drug-likeness (QED) is 0.0157. The molecule has 0 spiro atoms. The summed E-state index contributed by atoms with van der Waals surface area (Å²) in [6, 6.07) is 65.6. The molecule has 0 amide bonds. The van der Waals surface area contributed by atoms with Crippen LogP contribution in [0, 0.1) is 34.6 Å². The molecule has 5 aliphatic heterocycles. The van der Waals surface area contributed by atoms with Gasteiger partial charge in [0.05, 0.1) is 89.7 Å². The van der Waals surface area contributed by atoms with Crippen molar-refractivity contribution in [2.75, 3.05) is 137 Å². The Bertz CT molecular complexity index is 5820. The van der Waals surface area contributed by atoms with Gasteiger partial charge in [-0.25, -0.2) is 42.1 Å². The molecule has 7 N–H and O–H groups in total. The summed E-state index contributed by atoms with van der Waals surface area (Å²) in [5.41, 5.74) is 16.9. The molecule has 0 bridgehead atoms. The first-order valence-corrected chi connectivity index (χ1v) is 51.9. The minimum Gasteiger partial charge on any atom is -0.468 e. The van der Waals surface area contributed by atoms with E-state index in [1.807, 2.05) is 217 Å². The number of carbonyl (C=O) groups is 1. The highest BCUT2D eigenvalue weighted by molar-refractivity contribution is 7.94. The van der Waals surface area contributed by atoms with Crippen molar-refractivity contribution in [2.24, 2.45) is 0 Å². The summed E-state index contributed by atoms with van der Waals surface area (Å²) in [6.07, 6.45) is 11.0. The standard InChI is InChI=1S/C22H28N2O4S.C21H28N2O3S.3C19H24N2O3S/c1-17-11-12-19-21(15-17)29(26,27)24(2)20-10-6-5-9-18(20)22(19)23-13-7-3-4-8-14-28-16-25;1-16-11-12-18-20(15-16)27(25,26)23(2)19-10-6-5-9-17(19)21(18)22-13-7-3-4-8-14-24;2*1-14-9-10-16-18(13-14)25(22,23)21(2)17-8-5-4-7-15(17)19(16)20-11-6-12-24-3;1-14-9-10-16-18(13-14)25(23,24)21(2)17-8-4-3-7-15(17)19(16)20-11-5-6-12-22/h5-6,9-12,15-16,22-23H,3-4,7-8,13-14H2,1-2H3;5-6,9-12,15,21-22,24H,3-4,7-8,13-14H2,1-2H3;2*4-5,7-10,13,19-20H,6,11-12H2,1-3H3;3-4,7-10,13,19-20,22H,5-6,11-12H2,1-2H3. The zero-order valence-corrected chi connectivity index (χ0v) is 81.2. The molecule has 26 nitrogen and oxygen atoms in total. The van der Waals surface area contributed by atoms with E-state index < -0.39 is 50.1 Å². The number of hydrogen-bond acceptors (Lipinski definition) is 21. The molecular weight excluding hydrogens is 1760 g/mol. The van der Waals surface area contributed by atoms with Crippen LogP contribution in [0.1, 0.15) is 191 Å². The monoisotopic (exact) mass is 1880 g/mol. The lowest BCUT2D eigenvalue weighted by atomic mass is 9.96. The Labute approximate surface area is 776 Å². The predicted octanol–water partition coefficient (Wildman–Crippen LogP) is 15.2. The van der Waals surface area contributed by atoms with Gasteiger partial charge in [0.15, 0.2) is 0 Å². The van der Waals surface area contributed by atoms with Crippen LogP contribution < -0.4 is 48.1 Å². The molecule has 0 aromatic heterocycles. The van der Waals surface area contributed by atoms with Crippen LogP contribution in [0.4, 0.5) is 28.4 Å². The van der Waals surface area contributed by atoms with E-state index in [0.717, 1.165) is 187 Å². The molecule has 5 heterocycles. The number of para-hydroxylation sites is 5. The van der Waals surface area contributed by atoms with Gasteiger partial charge in [-0.15, -0.1) is 0 Å². The minimum atomic E-state index is -3.62. The lowest BCUT2D eigenvalue weighted by Gasteiger charge is -2.22. The van der Waals surface area contributed by atoms with E-state index in [0.29, 0.717) is 85.8 Å². The fraction of sp³-hybridized carbons (Fsp3) is 0.390. The lowest BCUT2D eigenvalue weighted by Crippen LogP contribution is -2.26. The van der Waals surface area contributed by atoms with Crippen molar-refractivity contribution in [3.8, 4) is 0 Å². The number of benzene rings is 10. The van der Waals surface area contributed by atoms with E-state index in [9.17, 15) is 46.9 Å². The smallest absolute Gasteiger partial charge is 0.293 e. The average Bonchev–Trinajstić information content (AvgIpc) is 1.64. The van der Waals surface area contributed by atoms with E-state index in [4.69, 9.17) is 24.4 Å². The fourth-order valence-corrected chi connectivity index (χ4v) is 24.8. The van der Waals surface area contributed by atoms with Gasteiger partial charge in [-0.3, -0.25) is 26.3 Å². The highest BCUT2D eigenvalue weighted by atomic mass is 32.2. The highest BCUT2D eigenvalue weighted by Gasteiger charge is 2.41. The molecule has 131 heavy (non-hydrogen) atoms. The summed E-state index contributed by atoms with van der Waals surface area (Å²) in [6.45, 7) is 16.0. The Morgan fingerprint density at radius 1 is 0.275 bits per heavy atom. The summed E-state index contributed by atoms with van der Waals surface area (Å²) in [4.78, 5) is 12.0. The number of rotatable bonds is 31. The van der Waals surface area contributed by atoms with Crippen molar-refractivity contribution in [2.45, 2.75) is 166 Å². The second kappa shape index (κ2) is 46.6. The number of sulfonamides is 5. The van der Waals surface area contributed by atoms with Gasteiger partial charge in [0.25, 0.3) is 56.6 Å². The Balaban J connectivity index is 0.000000158. The Morgan fingerprint density at radius 2 is 0.481 bits per heavy atom. The summed E-state index contributed by atoms with van der Waals surface area (Å²) < 4.78 is 154. The van der Waals surface area contributed by atoms with Gasteiger partial charge in [0, 0.05) is 75.9 Å². The summed E-state index contributed by atoms with van der Waals surface area (Å²) >= 11 is 0. The lowest BCUT2D eigenvalue weighted by molar-refractivity contribution is -0.128. The van der Waals surface area contributed by atoms with Crippen LogP contribution in [0.5, 0.6) is 0 Å². The van der Waals surface area contributed by atoms with Crippen molar-refractivity contribution in [1.82, 2.24) is 26.6 Å². The molecule has 15 rings (SSSR count). The van der Waals surface area contributed by atoms with E-state index in [1.165, 1.54) is 21.5 Å². The van der Waals surface area contributed by atoms with Gasteiger partial charge in [0.1, 0.15) is 0 Å². The van der Waals surface area contributed by atoms with Crippen molar-refractivity contribution in [3.63, 3.8) is 0 Å². The first-order valence-electron chi connectivity index (χ1n) is 44.7. The molecule has 0 saturated carbocycles. The van der Waals surface area contributed by atoms with Crippen LogP contribution in [0.15, 0.2) is 237 Å². The summed E-state index contributed by atoms with van der Waals surface area (Å²) in [5.74, 6) is 0. The molecule has 31 heteroatoms. The Kier molecular flexibility index (Phi) is 36.2. The molecule has 10 aromatic rings. The van der Waals surface area contributed by atoms with Crippen molar-refractivity contribution >= 4 is 85.0 Å². The number of anilines is 5. The summed E-state index contributed by atoms with van der Waals surface area (Å²) in [5, 5.41) is 35.5. The van der Waals surface area contributed by atoms with Crippen molar-refractivity contribution in [3.05, 3.63) is 296 Å². The first kappa shape index (κ1) is 102. The number of carbonyl (C=O) groups excluding carboxylic acids is 1. The number of nitrogens with one attached hydrogen (secondary N) is 5. The SMILES string of the molecule is COCCCNC1c2ccccc2N(C)S(=O)(=O)c2cc(C)ccc21.COCCCNC1c2ccccc2N(C)S(=O)(=O)c2cc(C)ccc21.Cc1ccc2c(c1)S(=O)(=O)N(C)c1ccccc1C2NCCCCCCO.Cc1ccc2c(c1)S(=O)(=O)N(C)c1ccccc1C2NCCCCCCOC=O.Cc1ccc2c(c1)S(=O)(=O)N(C)c1ccccc1C2NCCCCO. The molecule has 5 unspecified atom stereocenters. The number of hydrogen-bond donors (Lipinski definition) is 7. The van der Waals surface area contributed by atoms with Crippen LogP contribution in [-0.4, -0.2) is 174 Å². The van der Waals surface area contributed by atoms with Crippen LogP contribution in [0.3, 0.4) is 0 Å². The third-order valence-corrected chi connectivity index (χ3v) is 33.4. The Hall–Kier alpha value is -9.94. The number of aliphatic hydroxyl groups excluding tert-OH is 2. The molecule has 0 radical (unpaired) electrons. The minimum absolute atomic E-state index is 0.163. The Morgan fingerprint density at radius 3 is 0.710 bits per heavy atom. The molecule has 10 aromatic carbocycles. The maximum atomic E-state index is 13.2. The number of fused-ring (bicyclic) bond motifs is 10. The maximum absolute atomic E-state index is 13.2. The summed E-state index contributed by atoms with van der Waals surface area (Å²) in [7, 11) is -6.58. The van der Waals surface area contributed by atoms with Gasteiger partial charge < -0.3 is 51.0 Å². The third kappa shape index (κ3) is 23.6. The number of methoxy groups -OCH3 is 2. The van der Waals surface area contributed by atoms with Gasteiger partial charge in [-0.2, -0.15) is 0 Å². The van der Waals surface area contributed by atoms with Gasteiger partial charge in [0.2, 0.25) is 0 Å². The molecule has 704 valence electrons. The number of ether oxygens (including phenoxy) is 3. The third-order valence-electron chi connectivity index (χ3n) is 24.2. The van der Waals surface area contributed by atoms with Crippen LogP contribution in [0.2, 0.25) is 0 Å². The van der Waals surface area contributed by atoms with Crippen molar-refractivity contribution in [1.29, 1.82) is 0 Å². The molecule has 0 fully saturated rings. The largest absolute Gasteiger partial charge is 0.468 e. The molecule has 0 saturated heterocycles. The molecular formula is C100H128N10O16S5. The van der Waals surface area contributed by atoms with Gasteiger partial charge in [-0.05, 0) is 263 Å². The van der Waals surface area contributed by atoms with Gasteiger partial charge in [-0.1, -0.05) is 177 Å². The number of aliphatic hydroxyl groups is 2. The molecule has 5 atom stereocenters.